The van der Waals surface area contributed by atoms with Crippen molar-refractivity contribution in [1.82, 2.24) is 4.31 Å². The second-order valence-corrected chi connectivity index (χ2v) is 5.71. The quantitative estimate of drug-likeness (QED) is 0.850. The van der Waals surface area contributed by atoms with Crippen LogP contribution in [0.3, 0.4) is 0 Å². The van der Waals surface area contributed by atoms with Crippen LogP contribution >= 0.6 is 0 Å². The molecule has 7 heteroatoms. The van der Waals surface area contributed by atoms with Gasteiger partial charge in [0.15, 0.2) is 0 Å². The summed E-state index contributed by atoms with van der Waals surface area (Å²) in [5.74, 6) is 0. The number of alkyl halides is 2. The van der Waals surface area contributed by atoms with Crippen molar-refractivity contribution in [1.29, 1.82) is 0 Å². The van der Waals surface area contributed by atoms with Crippen LogP contribution in [0.5, 0.6) is 0 Å². The van der Waals surface area contributed by atoms with Gasteiger partial charge in [0.1, 0.15) is 0 Å². The zero-order valence-electron chi connectivity index (χ0n) is 10.0. The zero-order chi connectivity index (χ0) is 13.8. The third-order valence-corrected chi connectivity index (χ3v) is 4.46. The van der Waals surface area contributed by atoms with Gasteiger partial charge in [-0.05, 0) is 18.6 Å². The summed E-state index contributed by atoms with van der Waals surface area (Å²) >= 11 is 0. The van der Waals surface area contributed by atoms with Crippen molar-refractivity contribution in [3.8, 4) is 0 Å². The molecule has 0 fully saturated rings. The van der Waals surface area contributed by atoms with E-state index in [1.54, 1.807) is 25.1 Å². The van der Waals surface area contributed by atoms with E-state index in [9.17, 15) is 17.2 Å². The number of aryl methyl sites for hydroxylation is 1. The van der Waals surface area contributed by atoms with Crippen LogP contribution in [0, 0.1) is 6.92 Å². The van der Waals surface area contributed by atoms with Crippen molar-refractivity contribution in [3.05, 3.63) is 29.8 Å². The van der Waals surface area contributed by atoms with E-state index in [-0.39, 0.29) is 18.0 Å². The summed E-state index contributed by atoms with van der Waals surface area (Å²) in [6.07, 6.45) is -2.73. The molecule has 0 bridgehead atoms. The van der Waals surface area contributed by atoms with E-state index in [2.05, 4.69) is 0 Å². The fourth-order valence-corrected chi connectivity index (χ4v) is 3.25. The molecule has 0 heterocycles. The van der Waals surface area contributed by atoms with Gasteiger partial charge >= 0.3 is 0 Å². The highest BCUT2D eigenvalue weighted by Crippen LogP contribution is 2.19. The van der Waals surface area contributed by atoms with E-state index in [0.717, 1.165) is 4.31 Å². The Labute approximate surface area is 105 Å². The number of halogens is 2. The third kappa shape index (κ3) is 3.47. The molecule has 0 aliphatic carbocycles. The van der Waals surface area contributed by atoms with Gasteiger partial charge in [0.05, 0.1) is 11.4 Å². The molecule has 4 nitrogen and oxygen atoms in total. The van der Waals surface area contributed by atoms with Crippen molar-refractivity contribution in [2.45, 2.75) is 18.2 Å². The molecule has 1 aromatic rings. The number of hydrogen-bond acceptors (Lipinski definition) is 3. The van der Waals surface area contributed by atoms with Gasteiger partial charge in [0.25, 0.3) is 6.43 Å². The lowest BCUT2D eigenvalue weighted by Gasteiger charge is -2.22. The van der Waals surface area contributed by atoms with Crippen LogP contribution in [-0.4, -0.2) is 38.8 Å². The van der Waals surface area contributed by atoms with Gasteiger partial charge in [-0.2, -0.15) is 4.31 Å². The lowest BCUT2D eigenvalue weighted by Crippen LogP contribution is -2.38. The topological polar surface area (TPSA) is 63.4 Å². The molecule has 0 saturated heterocycles. The molecule has 0 radical (unpaired) electrons. The SMILES string of the molecule is Cc1ccccc1S(=O)(=O)N(CCN)CC(F)F. The second-order valence-electron chi connectivity index (χ2n) is 3.81. The van der Waals surface area contributed by atoms with Crippen LogP contribution in [0.25, 0.3) is 0 Å². The van der Waals surface area contributed by atoms with Crippen molar-refractivity contribution in [3.63, 3.8) is 0 Å². The van der Waals surface area contributed by atoms with E-state index >= 15 is 0 Å². The maximum Gasteiger partial charge on any atom is 0.252 e. The molecule has 1 rings (SSSR count). The Morgan fingerprint density at radius 1 is 1.33 bits per heavy atom. The van der Waals surface area contributed by atoms with Crippen LogP contribution in [0.1, 0.15) is 5.56 Å². The van der Waals surface area contributed by atoms with Gasteiger partial charge < -0.3 is 5.73 Å². The Morgan fingerprint density at radius 2 is 1.94 bits per heavy atom. The molecule has 0 atom stereocenters. The average Bonchev–Trinajstić information content (AvgIpc) is 2.28. The molecule has 0 aliphatic heterocycles. The van der Waals surface area contributed by atoms with E-state index in [0.29, 0.717) is 5.56 Å². The number of sulfonamides is 1. The molecule has 0 unspecified atom stereocenters. The molecule has 2 N–H and O–H groups in total. The first-order chi connectivity index (χ1) is 8.39. The van der Waals surface area contributed by atoms with Crippen LogP contribution in [0.4, 0.5) is 8.78 Å². The van der Waals surface area contributed by atoms with Gasteiger partial charge in [-0.3, -0.25) is 0 Å². The fraction of sp³-hybridized carbons (Fsp3) is 0.455. The second kappa shape index (κ2) is 6.21. The van der Waals surface area contributed by atoms with Gasteiger partial charge in [0, 0.05) is 13.1 Å². The summed E-state index contributed by atoms with van der Waals surface area (Å²) in [7, 11) is -3.92. The molecular weight excluding hydrogens is 262 g/mol. The maximum absolute atomic E-state index is 12.4. The third-order valence-electron chi connectivity index (χ3n) is 2.43. The Kier molecular flexibility index (Phi) is 5.18. The number of nitrogens with zero attached hydrogens (tertiary/aromatic N) is 1. The Balaban J connectivity index is 3.13. The minimum atomic E-state index is -3.92. The van der Waals surface area contributed by atoms with Gasteiger partial charge in [-0.25, -0.2) is 17.2 Å². The molecule has 0 spiro atoms. The Bertz CT molecular complexity index is 492. The number of nitrogens with two attached hydrogens (primary N) is 1. The fourth-order valence-electron chi connectivity index (χ4n) is 1.59. The summed E-state index contributed by atoms with van der Waals surface area (Å²) in [6.45, 7) is 0.655. The number of hydrogen-bond donors (Lipinski definition) is 1. The van der Waals surface area contributed by atoms with E-state index in [4.69, 9.17) is 5.73 Å². The maximum atomic E-state index is 12.4. The first-order valence-corrected chi connectivity index (χ1v) is 6.87. The van der Waals surface area contributed by atoms with Crippen LogP contribution in [0.2, 0.25) is 0 Å². The molecule has 18 heavy (non-hydrogen) atoms. The van der Waals surface area contributed by atoms with E-state index < -0.39 is 23.0 Å². The highest BCUT2D eigenvalue weighted by molar-refractivity contribution is 7.89. The zero-order valence-corrected chi connectivity index (χ0v) is 10.8. The largest absolute Gasteiger partial charge is 0.329 e. The smallest absolute Gasteiger partial charge is 0.252 e. The Morgan fingerprint density at radius 3 is 2.44 bits per heavy atom. The molecule has 0 aromatic heterocycles. The van der Waals surface area contributed by atoms with Crippen molar-refractivity contribution < 1.29 is 17.2 Å². The highest BCUT2D eigenvalue weighted by atomic mass is 32.2. The van der Waals surface area contributed by atoms with E-state index in [1.165, 1.54) is 6.07 Å². The lowest BCUT2D eigenvalue weighted by molar-refractivity contribution is 0.120. The predicted octanol–water partition coefficient (Wildman–Crippen LogP) is 1.21. The van der Waals surface area contributed by atoms with Crippen molar-refractivity contribution in [2.24, 2.45) is 5.73 Å². The first kappa shape index (κ1) is 15.0. The monoisotopic (exact) mass is 278 g/mol. The summed E-state index contributed by atoms with van der Waals surface area (Å²) in [6, 6.07) is 6.27. The molecule has 0 aliphatic rings. The highest BCUT2D eigenvalue weighted by Gasteiger charge is 2.27. The normalized spacial score (nSPS) is 12.3. The number of benzene rings is 1. The van der Waals surface area contributed by atoms with Gasteiger partial charge in [-0.15, -0.1) is 0 Å². The summed E-state index contributed by atoms with van der Waals surface area (Å²) in [5, 5.41) is 0. The lowest BCUT2D eigenvalue weighted by atomic mass is 10.2. The Hall–Kier alpha value is -1.05. The van der Waals surface area contributed by atoms with Crippen molar-refractivity contribution >= 4 is 10.0 Å². The van der Waals surface area contributed by atoms with Gasteiger partial charge in [0.2, 0.25) is 10.0 Å². The number of rotatable bonds is 6. The van der Waals surface area contributed by atoms with Crippen LogP contribution in [-0.2, 0) is 10.0 Å². The molecule has 0 amide bonds. The summed E-state index contributed by atoms with van der Waals surface area (Å²) in [4.78, 5) is 0.0408. The summed E-state index contributed by atoms with van der Waals surface area (Å²) in [5.41, 5.74) is 5.79. The molecule has 1 aromatic carbocycles. The molecular formula is C11H16F2N2O2S. The van der Waals surface area contributed by atoms with Gasteiger partial charge in [-0.1, -0.05) is 18.2 Å². The minimum absolute atomic E-state index is 0.00215. The van der Waals surface area contributed by atoms with Crippen LogP contribution in [0.15, 0.2) is 29.2 Å². The van der Waals surface area contributed by atoms with Crippen LogP contribution < -0.4 is 5.73 Å². The molecule has 102 valence electrons. The predicted molar refractivity (Wildman–Crippen MR) is 65.0 cm³/mol. The van der Waals surface area contributed by atoms with E-state index in [1.807, 2.05) is 0 Å². The average molecular weight is 278 g/mol. The van der Waals surface area contributed by atoms with Crippen molar-refractivity contribution in [2.75, 3.05) is 19.6 Å². The minimum Gasteiger partial charge on any atom is -0.329 e. The standard InChI is InChI=1S/C11H16F2N2O2S/c1-9-4-2-3-5-10(9)18(16,17)15(7-6-14)8-11(12)13/h2-5,11H,6-8,14H2,1H3. The molecule has 0 saturated carbocycles. The summed E-state index contributed by atoms with van der Waals surface area (Å²) < 4.78 is 50.0. The first-order valence-electron chi connectivity index (χ1n) is 5.43.